The highest BCUT2D eigenvalue weighted by Crippen LogP contribution is 2.37. The van der Waals surface area contributed by atoms with Crippen molar-refractivity contribution in [2.24, 2.45) is 0 Å². The Morgan fingerprint density at radius 2 is 2.22 bits per heavy atom. The smallest absolute Gasteiger partial charge is 0.234 e. The number of hydrogen-bond acceptors (Lipinski definition) is 4. The second kappa shape index (κ2) is 4.61. The molecule has 94 valence electrons. The van der Waals surface area contributed by atoms with Gasteiger partial charge in [-0.05, 0) is 19.4 Å². The van der Waals surface area contributed by atoms with Gasteiger partial charge < -0.3 is 9.26 Å². The van der Waals surface area contributed by atoms with Gasteiger partial charge in [0.2, 0.25) is 5.89 Å². The van der Waals surface area contributed by atoms with E-state index in [1.807, 2.05) is 31.2 Å². The number of ether oxygens (including phenoxy) is 1. The second-order valence-electron chi connectivity index (χ2n) is 4.33. The molecule has 0 N–H and O–H groups in total. The van der Waals surface area contributed by atoms with Crippen molar-refractivity contribution < 1.29 is 9.26 Å². The SMILES string of the molecule is CC(Cl)c1noc(C2CCOc3ccccc32)n1. The van der Waals surface area contributed by atoms with Crippen molar-refractivity contribution in [3.05, 3.63) is 41.5 Å². The van der Waals surface area contributed by atoms with Crippen LogP contribution in [0.15, 0.2) is 28.8 Å². The second-order valence-corrected chi connectivity index (χ2v) is 4.99. The number of nitrogens with zero attached hydrogens (tertiary/aromatic N) is 2. The number of hydrogen-bond donors (Lipinski definition) is 0. The third kappa shape index (κ3) is 1.97. The quantitative estimate of drug-likeness (QED) is 0.781. The van der Waals surface area contributed by atoms with Crippen LogP contribution in [-0.4, -0.2) is 16.7 Å². The summed E-state index contributed by atoms with van der Waals surface area (Å²) >= 11 is 5.95. The Morgan fingerprint density at radius 3 is 3.00 bits per heavy atom. The molecule has 0 fully saturated rings. The van der Waals surface area contributed by atoms with E-state index in [-0.39, 0.29) is 11.3 Å². The van der Waals surface area contributed by atoms with Gasteiger partial charge in [-0.25, -0.2) is 0 Å². The van der Waals surface area contributed by atoms with Gasteiger partial charge in [-0.1, -0.05) is 23.4 Å². The molecule has 0 saturated carbocycles. The van der Waals surface area contributed by atoms with E-state index in [2.05, 4.69) is 10.1 Å². The summed E-state index contributed by atoms with van der Waals surface area (Å²) in [5.41, 5.74) is 1.10. The standard InChI is InChI=1S/C13H13ClN2O2/c1-8(14)12-15-13(18-16-12)10-6-7-17-11-5-3-2-4-9(10)11/h2-5,8,10H,6-7H2,1H3. The van der Waals surface area contributed by atoms with Crippen molar-refractivity contribution in [1.29, 1.82) is 0 Å². The average Bonchev–Trinajstić information content (AvgIpc) is 2.87. The third-order valence-electron chi connectivity index (χ3n) is 3.07. The average molecular weight is 265 g/mol. The van der Waals surface area contributed by atoms with E-state index in [4.69, 9.17) is 20.9 Å². The molecule has 1 aliphatic rings. The summed E-state index contributed by atoms with van der Waals surface area (Å²) in [5, 5.41) is 3.67. The Bertz CT molecular complexity index is 553. The van der Waals surface area contributed by atoms with Crippen LogP contribution >= 0.6 is 11.6 Å². The fraction of sp³-hybridized carbons (Fsp3) is 0.385. The molecule has 18 heavy (non-hydrogen) atoms. The number of para-hydroxylation sites is 1. The van der Waals surface area contributed by atoms with Crippen molar-refractivity contribution in [1.82, 2.24) is 10.1 Å². The minimum Gasteiger partial charge on any atom is -0.493 e. The van der Waals surface area contributed by atoms with Gasteiger partial charge in [0.15, 0.2) is 5.82 Å². The van der Waals surface area contributed by atoms with Crippen LogP contribution in [0.3, 0.4) is 0 Å². The Hall–Kier alpha value is -1.55. The van der Waals surface area contributed by atoms with Crippen molar-refractivity contribution >= 4 is 11.6 Å². The first-order valence-corrected chi connectivity index (χ1v) is 6.38. The molecule has 2 heterocycles. The molecule has 1 aromatic carbocycles. The van der Waals surface area contributed by atoms with Crippen LogP contribution in [0.1, 0.15) is 41.9 Å². The molecule has 2 unspecified atom stereocenters. The highest BCUT2D eigenvalue weighted by atomic mass is 35.5. The van der Waals surface area contributed by atoms with Crippen molar-refractivity contribution in [3.63, 3.8) is 0 Å². The van der Waals surface area contributed by atoms with Gasteiger partial charge in [-0.2, -0.15) is 4.98 Å². The Kier molecular flexibility index (Phi) is 2.96. The maximum atomic E-state index is 5.95. The zero-order valence-electron chi connectivity index (χ0n) is 9.97. The first-order chi connectivity index (χ1) is 8.75. The van der Waals surface area contributed by atoms with Crippen LogP contribution in [-0.2, 0) is 0 Å². The molecule has 3 rings (SSSR count). The normalized spacial score (nSPS) is 20.0. The number of aromatic nitrogens is 2. The first-order valence-electron chi connectivity index (χ1n) is 5.95. The van der Waals surface area contributed by atoms with E-state index >= 15 is 0 Å². The fourth-order valence-corrected chi connectivity index (χ4v) is 2.24. The number of halogens is 1. The zero-order chi connectivity index (χ0) is 12.5. The van der Waals surface area contributed by atoms with E-state index in [9.17, 15) is 0 Å². The Morgan fingerprint density at radius 1 is 1.39 bits per heavy atom. The summed E-state index contributed by atoms with van der Waals surface area (Å²) in [7, 11) is 0. The molecule has 0 radical (unpaired) electrons. The van der Waals surface area contributed by atoms with Crippen molar-refractivity contribution in [2.45, 2.75) is 24.6 Å². The highest BCUT2D eigenvalue weighted by molar-refractivity contribution is 6.20. The molecule has 5 heteroatoms. The molecule has 1 aromatic heterocycles. The number of fused-ring (bicyclic) bond motifs is 1. The summed E-state index contributed by atoms with van der Waals surface area (Å²) in [6.07, 6.45) is 0.843. The largest absolute Gasteiger partial charge is 0.493 e. The molecule has 0 saturated heterocycles. The predicted molar refractivity (Wildman–Crippen MR) is 67.0 cm³/mol. The Labute approximate surface area is 110 Å². The molecule has 0 aliphatic carbocycles. The Balaban J connectivity index is 1.97. The van der Waals surface area contributed by atoms with Crippen LogP contribution in [0.5, 0.6) is 5.75 Å². The number of rotatable bonds is 2. The lowest BCUT2D eigenvalue weighted by molar-refractivity contribution is 0.256. The van der Waals surface area contributed by atoms with Crippen LogP contribution in [0.2, 0.25) is 0 Å². The van der Waals surface area contributed by atoms with Gasteiger partial charge in [-0.3, -0.25) is 0 Å². The summed E-state index contributed by atoms with van der Waals surface area (Å²) in [5.74, 6) is 2.16. The molecule has 4 nitrogen and oxygen atoms in total. The van der Waals surface area contributed by atoms with Crippen LogP contribution in [0, 0.1) is 0 Å². The zero-order valence-corrected chi connectivity index (χ0v) is 10.7. The van der Waals surface area contributed by atoms with E-state index in [0.717, 1.165) is 17.7 Å². The molecule has 2 atom stereocenters. The molecular weight excluding hydrogens is 252 g/mol. The van der Waals surface area contributed by atoms with Gasteiger partial charge in [0.25, 0.3) is 0 Å². The third-order valence-corrected chi connectivity index (χ3v) is 3.27. The molecule has 0 amide bonds. The topological polar surface area (TPSA) is 48.2 Å². The van der Waals surface area contributed by atoms with Crippen molar-refractivity contribution in [2.75, 3.05) is 6.61 Å². The van der Waals surface area contributed by atoms with E-state index in [0.29, 0.717) is 18.3 Å². The summed E-state index contributed by atoms with van der Waals surface area (Å²) in [6.45, 7) is 2.49. The minimum absolute atomic E-state index is 0.103. The molecule has 2 aromatic rings. The number of benzene rings is 1. The summed E-state index contributed by atoms with van der Waals surface area (Å²) < 4.78 is 10.9. The van der Waals surface area contributed by atoms with E-state index < -0.39 is 0 Å². The van der Waals surface area contributed by atoms with Crippen LogP contribution in [0.4, 0.5) is 0 Å². The lowest BCUT2D eigenvalue weighted by Gasteiger charge is -2.22. The predicted octanol–water partition coefficient (Wildman–Crippen LogP) is 3.28. The summed E-state index contributed by atoms with van der Waals surface area (Å²) in [6, 6.07) is 7.94. The maximum absolute atomic E-state index is 5.95. The van der Waals surface area contributed by atoms with Gasteiger partial charge in [0.05, 0.1) is 17.9 Å². The van der Waals surface area contributed by atoms with E-state index in [1.54, 1.807) is 0 Å². The minimum atomic E-state index is -0.238. The molecule has 0 spiro atoms. The lowest BCUT2D eigenvalue weighted by atomic mass is 9.93. The van der Waals surface area contributed by atoms with Gasteiger partial charge in [0.1, 0.15) is 5.75 Å². The lowest BCUT2D eigenvalue weighted by Crippen LogP contribution is -2.15. The van der Waals surface area contributed by atoms with Gasteiger partial charge >= 0.3 is 0 Å². The van der Waals surface area contributed by atoms with Crippen molar-refractivity contribution in [3.8, 4) is 5.75 Å². The van der Waals surface area contributed by atoms with Gasteiger partial charge in [0, 0.05) is 5.56 Å². The van der Waals surface area contributed by atoms with Crippen LogP contribution in [0.25, 0.3) is 0 Å². The monoisotopic (exact) mass is 264 g/mol. The molecule has 1 aliphatic heterocycles. The first kappa shape index (κ1) is 11.5. The number of alkyl halides is 1. The fourth-order valence-electron chi connectivity index (χ4n) is 2.15. The maximum Gasteiger partial charge on any atom is 0.234 e. The van der Waals surface area contributed by atoms with Gasteiger partial charge in [-0.15, -0.1) is 11.6 Å². The van der Waals surface area contributed by atoms with E-state index in [1.165, 1.54) is 0 Å². The summed E-state index contributed by atoms with van der Waals surface area (Å²) in [4.78, 5) is 4.37. The highest BCUT2D eigenvalue weighted by Gasteiger charge is 2.28. The molecule has 0 bridgehead atoms. The molecular formula is C13H13ClN2O2. The van der Waals surface area contributed by atoms with Crippen LogP contribution < -0.4 is 4.74 Å².